The molecule has 1 fully saturated rings. The van der Waals surface area contributed by atoms with Crippen LogP contribution in [0.1, 0.15) is 17.2 Å². The Hall–Kier alpha value is -2.31. The van der Waals surface area contributed by atoms with Crippen molar-refractivity contribution in [3.05, 3.63) is 53.9 Å². The number of hydrogen-bond donors (Lipinski definition) is 1. The SMILES string of the molecule is COc1cc(C)ccc1OCC(=O)N1CCNCC1c1cccnc1.Cl. The van der Waals surface area contributed by atoms with E-state index in [1.54, 1.807) is 13.3 Å². The van der Waals surface area contributed by atoms with E-state index < -0.39 is 0 Å². The van der Waals surface area contributed by atoms with Crippen LogP contribution in [0, 0.1) is 6.92 Å². The summed E-state index contributed by atoms with van der Waals surface area (Å²) in [4.78, 5) is 18.8. The highest BCUT2D eigenvalue weighted by atomic mass is 35.5. The molecule has 7 heteroatoms. The van der Waals surface area contributed by atoms with Crippen LogP contribution in [0.4, 0.5) is 0 Å². The van der Waals surface area contributed by atoms with Crippen molar-refractivity contribution in [2.24, 2.45) is 0 Å². The van der Waals surface area contributed by atoms with Crippen molar-refractivity contribution in [1.82, 2.24) is 15.2 Å². The highest BCUT2D eigenvalue weighted by molar-refractivity contribution is 5.85. The predicted octanol–water partition coefficient (Wildman–Crippen LogP) is 2.37. The number of aromatic nitrogens is 1. The minimum absolute atomic E-state index is 0. The molecule has 1 aliphatic rings. The van der Waals surface area contributed by atoms with Gasteiger partial charge in [0.2, 0.25) is 0 Å². The summed E-state index contributed by atoms with van der Waals surface area (Å²) in [5.74, 6) is 1.17. The largest absolute Gasteiger partial charge is 0.493 e. The summed E-state index contributed by atoms with van der Waals surface area (Å²) in [5.41, 5.74) is 2.10. The summed E-state index contributed by atoms with van der Waals surface area (Å²) >= 11 is 0. The molecule has 0 radical (unpaired) electrons. The van der Waals surface area contributed by atoms with Crippen LogP contribution in [-0.2, 0) is 4.79 Å². The van der Waals surface area contributed by atoms with Crippen LogP contribution in [0.3, 0.4) is 0 Å². The van der Waals surface area contributed by atoms with Gasteiger partial charge in [-0.3, -0.25) is 9.78 Å². The summed E-state index contributed by atoms with van der Waals surface area (Å²) < 4.78 is 11.1. The van der Waals surface area contributed by atoms with Crippen LogP contribution >= 0.6 is 12.4 Å². The molecule has 1 aromatic carbocycles. The first kappa shape index (κ1) is 20.0. The number of amides is 1. The van der Waals surface area contributed by atoms with Crippen molar-refractivity contribution in [1.29, 1.82) is 0 Å². The lowest BCUT2D eigenvalue weighted by Gasteiger charge is -2.36. The fraction of sp³-hybridized carbons (Fsp3) is 0.368. The molecule has 2 aromatic rings. The monoisotopic (exact) mass is 377 g/mol. The zero-order valence-corrected chi connectivity index (χ0v) is 15.8. The number of nitrogens with zero attached hydrogens (tertiary/aromatic N) is 2. The molecular formula is C19H24ClN3O3. The summed E-state index contributed by atoms with van der Waals surface area (Å²) in [5, 5.41) is 3.33. The van der Waals surface area contributed by atoms with E-state index in [1.807, 2.05) is 48.4 Å². The van der Waals surface area contributed by atoms with Crippen molar-refractivity contribution < 1.29 is 14.3 Å². The maximum absolute atomic E-state index is 12.7. The highest BCUT2D eigenvalue weighted by Gasteiger charge is 2.28. The van der Waals surface area contributed by atoms with Crippen LogP contribution in [0.15, 0.2) is 42.7 Å². The van der Waals surface area contributed by atoms with Gasteiger partial charge in [-0.1, -0.05) is 12.1 Å². The molecule has 0 bridgehead atoms. The number of rotatable bonds is 5. The van der Waals surface area contributed by atoms with Crippen molar-refractivity contribution in [2.45, 2.75) is 13.0 Å². The fourth-order valence-corrected chi connectivity index (χ4v) is 2.99. The van der Waals surface area contributed by atoms with Gasteiger partial charge < -0.3 is 19.7 Å². The molecule has 1 amide bonds. The van der Waals surface area contributed by atoms with Crippen molar-refractivity contribution in [3.63, 3.8) is 0 Å². The quantitative estimate of drug-likeness (QED) is 0.866. The number of carbonyl (C=O) groups is 1. The topological polar surface area (TPSA) is 63.7 Å². The van der Waals surface area contributed by atoms with Crippen molar-refractivity contribution in [2.75, 3.05) is 33.4 Å². The maximum atomic E-state index is 12.7. The second-order valence-corrected chi connectivity index (χ2v) is 6.04. The number of aryl methyl sites for hydroxylation is 1. The van der Waals surface area contributed by atoms with E-state index in [2.05, 4.69) is 10.3 Å². The third-order valence-electron chi connectivity index (χ3n) is 4.30. The number of nitrogens with one attached hydrogen (secondary N) is 1. The van der Waals surface area contributed by atoms with Crippen LogP contribution in [0.5, 0.6) is 11.5 Å². The van der Waals surface area contributed by atoms with Gasteiger partial charge in [0.15, 0.2) is 18.1 Å². The number of pyridine rings is 1. The van der Waals surface area contributed by atoms with Gasteiger partial charge in [0, 0.05) is 32.0 Å². The van der Waals surface area contributed by atoms with Gasteiger partial charge in [-0.15, -0.1) is 12.4 Å². The normalized spacial score (nSPS) is 16.5. The third-order valence-corrected chi connectivity index (χ3v) is 4.30. The first-order chi connectivity index (χ1) is 12.2. The molecule has 3 rings (SSSR count). The lowest BCUT2D eigenvalue weighted by Crippen LogP contribution is -2.50. The Balaban J connectivity index is 0.00000243. The number of methoxy groups -OCH3 is 1. The summed E-state index contributed by atoms with van der Waals surface area (Å²) in [6.07, 6.45) is 3.54. The van der Waals surface area contributed by atoms with E-state index in [0.717, 1.165) is 17.7 Å². The first-order valence-corrected chi connectivity index (χ1v) is 8.36. The third kappa shape index (κ3) is 4.65. The number of hydrogen-bond acceptors (Lipinski definition) is 5. The van der Waals surface area contributed by atoms with Crippen LogP contribution in [-0.4, -0.2) is 49.1 Å². The number of ether oxygens (including phenoxy) is 2. The van der Waals surface area contributed by atoms with E-state index in [1.165, 1.54) is 0 Å². The van der Waals surface area contributed by atoms with E-state index in [4.69, 9.17) is 9.47 Å². The number of halogens is 1. The Morgan fingerprint density at radius 2 is 2.19 bits per heavy atom. The minimum atomic E-state index is -0.0435. The maximum Gasteiger partial charge on any atom is 0.261 e. The molecule has 26 heavy (non-hydrogen) atoms. The second kappa shape index (κ2) is 9.40. The zero-order chi connectivity index (χ0) is 17.6. The van der Waals surface area contributed by atoms with Gasteiger partial charge in [-0.05, 0) is 36.2 Å². The number of piperazine rings is 1. The molecule has 0 spiro atoms. The predicted molar refractivity (Wildman–Crippen MR) is 102 cm³/mol. The first-order valence-electron chi connectivity index (χ1n) is 8.36. The van der Waals surface area contributed by atoms with Crippen LogP contribution < -0.4 is 14.8 Å². The van der Waals surface area contributed by atoms with Gasteiger partial charge in [-0.2, -0.15) is 0 Å². The Morgan fingerprint density at radius 3 is 2.92 bits per heavy atom. The second-order valence-electron chi connectivity index (χ2n) is 6.04. The van der Waals surface area contributed by atoms with E-state index in [9.17, 15) is 4.79 Å². The molecule has 0 saturated carbocycles. The molecule has 1 unspecified atom stereocenters. The average Bonchev–Trinajstić information content (AvgIpc) is 2.67. The van der Waals surface area contributed by atoms with E-state index in [-0.39, 0.29) is 31.0 Å². The Bertz CT molecular complexity index is 727. The minimum Gasteiger partial charge on any atom is -0.493 e. The fourth-order valence-electron chi connectivity index (χ4n) is 2.99. The average molecular weight is 378 g/mol. The molecule has 1 aliphatic heterocycles. The van der Waals surface area contributed by atoms with Crippen LogP contribution in [0.25, 0.3) is 0 Å². The van der Waals surface area contributed by atoms with Gasteiger partial charge in [0.1, 0.15) is 0 Å². The lowest BCUT2D eigenvalue weighted by atomic mass is 10.1. The highest BCUT2D eigenvalue weighted by Crippen LogP contribution is 2.28. The van der Waals surface area contributed by atoms with Crippen molar-refractivity contribution in [3.8, 4) is 11.5 Å². The Labute approximate surface area is 159 Å². The van der Waals surface area contributed by atoms with E-state index in [0.29, 0.717) is 24.6 Å². The molecule has 0 aliphatic carbocycles. The molecule has 140 valence electrons. The summed E-state index contributed by atoms with van der Waals surface area (Å²) in [6, 6.07) is 9.51. The smallest absolute Gasteiger partial charge is 0.261 e. The Kier molecular flexibility index (Phi) is 7.24. The molecular weight excluding hydrogens is 354 g/mol. The Morgan fingerprint density at radius 1 is 1.35 bits per heavy atom. The van der Waals surface area contributed by atoms with Gasteiger partial charge in [0.25, 0.3) is 5.91 Å². The summed E-state index contributed by atoms with van der Waals surface area (Å²) in [7, 11) is 1.60. The molecule has 1 saturated heterocycles. The molecule has 1 atom stereocenters. The zero-order valence-electron chi connectivity index (χ0n) is 15.0. The van der Waals surface area contributed by atoms with E-state index >= 15 is 0 Å². The standard InChI is InChI=1S/C19H23N3O3.ClH/c1-14-5-6-17(18(10-14)24-2)25-13-19(23)22-9-8-21-12-16(22)15-4-3-7-20-11-15;/h3-7,10-11,16,21H,8-9,12-13H2,1-2H3;1H. The lowest BCUT2D eigenvalue weighted by molar-refractivity contribution is -0.136. The molecule has 2 heterocycles. The number of carbonyl (C=O) groups excluding carboxylic acids is 1. The molecule has 6 nitrogen and oxygen atoms in total. The summed E-state index contributed by atoms with van der Waals surface area (Å²) in [6.45, 7) is 4.10. The van der Waals surface area contributed by atoms with Gasteiger partial charge in [0.05, 0.1) is 13.2 Å². The molecule has 1 aromatic heterocycles. The van der Waals surface area contributed by atoms with Gasteiger partial charge in [-0.25, -0.2) is 0 Å². The van der Waals surface area contributed by atoms with Crippen molar-refractivity contribution >= 4 is 18.3 Å². The number of benzene rings is 1. The van der Waals surface area contributed by atoms with Crippen LogP contribution in [0.2, 0.25) is 0 Å². The molecule has 1 N–H and O–H groups in total. The van der Waals surface area contributed by atoms with Gasteiger partial charge >= 0.3 is 0 Å².